The normalized spacial score (nSPS) is 21.6. The fraction of sp³-hybridized carbons (Fsp3) is 0.556. The smallest absolute Gasteiger partial charge is 0.227 e. The molecule has 5 nitrogen and oxygen atoms in total. The number of piperidine rings is 1. The number of nitrogens with zero attached hydrogens (tertiary/aromatic N) is 3. The third-order valence-electron chi connectivity index (χ3n) is 4.66. The monoisotopic (exact) mass is 315 g/mol. The van der Waals surface area contributed by atoms with Crippen LogP contribution in [-0.4, -0.2) is 27.1 Å². The molecule has 1 saturated heterocycles. The molecule has 1 amide bonds. The fourth-order valence-electron chi connectivity index (χ4n) is 3.31. The van der Waals surface area contributed by atoms with E-state index in [2.05, 4.69) is 18.9 Å². The van der Waals surface area contributed by atoms with Gasteiger partial charge < -0.3 is 9.32 Å². The van der Waals surface area contributed by atoms with Crippen molar-refractivity contribution in [3.05, 3.63) is 41.6 Å². The van der Waals surface area contributed by atoms with E-state index in [4.69, 9.17) is 4.42 Å². The number of hydrogen-bond donors (Lipinski definition) is 0. The second-order valence-electron chi connectivity index (χ2n) is 6.59. The van der Waals surface area contributed by atoms with E-state index < -0.39 is 0 Å². The highest BCUT2D eigenvalue weighted by Gasteiger charge is 2.33. The second-order valence-corrected chi connectivity index (χ2v) is 6.59. The minimum Gasteiger partial charge on any atom is -0.464 e. The molecule has 0 N–H and O–H groups in total. The molecule has 1 aliphatic rings. The molecule has 3 rings (SSSR count). The average molecular weight is 315 g/mol. The molecule has 1 aliphatic heterocycles. The zero-order chi connectivity index (χ0) is 16.4. The van der Waals surface area contributed by atoms with Crippen molar-refractivity contribution in [2.24, 2.45) is 13.0 Å². The molecule has 2 atom stereocenters. The Hall–Kier alpha value is -2.04. The highest BCUT2D eigenvalue weighted by molar-refractivity contribution is 5.79. The lowest BCUT2D eigenvalue weighted by Gasteiger charge is -2.37. The number of carbonyl (C=O) groups is 1. The van der Waals surface area contributed by atoms with Gasteiger partial charge in [-0.3, -0.25) is 9.48 Å². The number of amides is 1. The van der Waals surface area contributed by atoms with Gasteiger partial charge in [0.1, 0.15) is 11.5 Å². The molecular weight excluding hydrogens is 290 g/mol. The van der Waals surface area contributed by atoms with Crippen molar-refractivity contribution in [2.75, 3.05) is 6.54 Å². The van der Waals surface area contributed by atoms with E-state index in [0.717, 1.165) is 42.9 Å². The van der Waals surface area contributed by atoms with Crippen LogP contribution in [0, 0.1) is 5.92 Å². The Morgan fingerprint density at radius 2 is 2.26 bits per heavy atom. The van der Waals surface area contributed by atoms with Crippen molar-refractivity contribution in [2.45, 2.75) is 45.6 Å². The number of furan rings is 1. The van der Waals surface area contributed by atoms with Gasteiger partial charge in [0.2, 0.25) is 5.91 Å². The summed E-state index contributed by atoms with van der Waals surface area (Å²) >= 11 is 0. The topological polar surface area (TPSA) is 51.3 Å². The van der Waals surface area contributed by atoms with E-state index in [-0.39, 0.29) is 11.9 Å². The number of carbonyl (C=O) groups excluding carboxylic acids is 1. The van der Waals surface area contributed by atoms with Gasteiger partial charge in [-0.15, -0.1) is 0 Å². The van der Waals surface area contributed by atoms with Gasteiger partial charge in [0, 0.05) is 26.2 Å². The van der Waals surface area contributed by atoms with Crippen LogP contribution in [0.5, 0.6) is 0 Å². The Morgan fingerprint density at radius 3 is 2.91 bits per heavy atom. The van der Waals surface area contributed by atoms with Crippen LogP contribution in [0.25, 0.3) is 0 Å². The van der Waals surface area contributed by atoms with Gasteiger partial charge in [0.25, 0.3) is 0 Å². The Labute approximate surface area is 137 Å². The fourth-order valence-corrected chi connectivity index (χ4v) is 3.31. The molecule has 0 bridgehead atoms. The maximum absolute atomic E-state index is 12.8. The average Bonchev–Trinajstić information content (AvgIpc) is 3.16. The lowest BCUT2D eigenvalue weighted by Crippen LogP contribution is -2.41. The number of hydrogen-bond acceptors (Lipinski definition) is 3. The van der Waals surface area contributed by atoms with Crippen molar-refractivity contribution in [3.8, 4) is 0 Å². The summed E-state index contributed by atoms with van der Waals surface area (Å²) in [5.74, 6) is 2.67. The van der Waals surface area contributed by atoms with Crippen molar-refractivity contribution in [1.29, 1.82) is 0 Å². The van der Waals surface area contributed by atoms with Gasteiger partial charge in [-0.2, -0.15) is 5.10 Å². The van der Waals surface area contributed by atoms with Crippen molar-refractivity contribution >= 4 is 5.91 Å². The van der Waals surface area contributed by atoms with Crippen LogP contribution < -0.4 is 0 Å². The first-order valence-electron chi connectivity index (χ1n) is 8.42. The first kappa shape index (κ1) is 15.8. The van der Waals surface area contributed by atoms with Gasteiger partial charge in [-0.05, 0) is 36.5 Å². The number of aromatic nitrogens is 2. The van der Waals surface area contributed by atoms with Gasteiger partial charge in [0.15, 0.2) is 0 Å². The van der Waals surface area contributed by atoms with Crippen LogP contribution in [-0.2, 0) is 24.7 Å². The molecule has 0 aromatic carbocycles. The highest BCUT2D eigenvalue weighted by atomic mass is 16.3. The number of aryl methyl sites for hydroxylation is 2. The molecule has 0 radical (unpaired) electrons. The van der Waals surface area contributed by atoms with E-state index in [1.807, 2.05) is 30.3 Å². The van der Waals surface area contributed by atoms with Crippen LogP contribution in [0.15, 0.2) is 28.9 Å². The Bertz CT molecular complexity index is 673. The summed E-state index contributed by atoms with van der Waals surface area (Å²) in [6, 6.07) is 4.12. The van der Waals surface area contributed by atoms with E-state index in [9.17, 15) is 4.79 Å². The third-order valence-corrected chi connectivity index (χ3v) is 4.66. The molecule has 2 aromatic rings. The number of rotatable bonds is 4. The summed E-state index contributed by atoms with van der Waals surface area (Å²) in [4.78, 5) is 14.8. The minimum absolute atomic E-state index is 0.0585. The van der Waals surface area contributed by atoms with Crippen LogP contribution in [0.2, 0.25) is 0 Å². The Balaban J connectivity index is 1.78. The molecule has 0 saturated carbocycles. The Morgan fingerprint density at radius 1 is 1.43 bits per heavy atom. The molecule has 2 aromatic heterocycles. The van der Waals surface area contributed by atoms with Crippen LogP contribution >= 0.6 is 0 Å². The van der Waals surface area contributed by atoms with Crippen molar-refractivity contribution in [3.63, 3.8) is 0 Å². The van der Waals surface area contributed by atoms with E-state index in [0.29, 0.717) is 12.3 Å². The third kappa shape index (κ3) is 3.49. The quantitative estimate of drug-likeness (QED) is 0.871. The maximum Gasteiger partial charge on any atom is 0.227 e. The summed E-state index contributed by atoms with van der Waals surface area (Å²) in [5.41, 5.74) is 0.962. The lowest BCUT2D eigenvalue weighted by atomic mass is 9.90. The largest absolute Gasteiger partial charge is 0.464 e. The first-order chi connectivity index (χ1) is 11.1. The van der Waals surface area contributed by atoms with E-state index in [1.54, 1.807) is 10.9 Å². The van der Waals surface area contributed by atoms with Crippen LogP contribution in [0.1, 0.15) is 49.8 Å². The Kier molecular flexibility index (Phi) is 4.55. The predicted molar refractivity (Wildman–Crippen MR) is 87.9 cm³/mol. The summed E-state index contributed by atoms with van der Waals surface area (Å²) in [7, 11) is 1.87. The summed E-state index contributed by atoms with van der Waals surface area (Å²) in [6.07, 6.45) is 6.97. The predicted octanol–water partition coefficient (Wildman–Crippen LogP) is 3.12. The highest BCUT2D eigenvalue weighted by Crippen LogP contribution is 2.35. The molecule has 23 heavy (non-hydrogen) atoms. The summed E-state index contributed by atoms with van der Waals surface area (Å²) < 4.78 is 7.68. The zero-order valence-corrected chi connectivity index (χ0v) is 14.2. The van der Waals surface area contributed by atoms with Crippen LogP contribution in [0.4, 0.5) is 0 Å². The molecule has 5 heteroatoms. The molecule has 124 valence electrons. The van der Waals surface area contributed by atoms with Gasteiger partial charge in [-0.25, -0.2) is 0 Å². The van der Waals surface area contributed by atoms with E-state index in [1.165, 1.54) is 0 Å². The van der Waals surface area contributed by atoms with E-state index >= 15 is 0 Å². The van der Waals surface area contributed by atoms with Gasteiger partial charge in [0.05, 0.1) is 18.7 Å². The lowest BCUT2D eigenvalue weighted by molar-refractivity contribution is -0.135. The standard InChI is InChI=1S/C18H25N3O2/c1-4-15-5-6-17(23-15)16-9-13(2)7-8-21(16)18(22)10-14-11-19-20(3)12-14/h5-6,11-13,16H,4,7-10H2,1-3H3/t13-,16-/m0/s1. The van der Waals surface area contributed by atoms with Gasteiger partial charge in [-0.1, -0.05) is 13.8 Å². The molecule has 1 fully saturated rings. The van der Waals surface area contributed by atoms with Crippen molar-refractivity contribution in [1.82, 2.24) is 14.7 Å². The minimum atomic E-state index is 0.0585. The summed E-state index contributed by atoms with van der Waals surface area (Å²) in [6.45, 7) is 5.13. The van der Waals surface area contributed by atoms with Crippen molar-refractivity contribution < 1.29 is 9.21 Å². The second kappa shape index (κ2) is 6.60. The molecule has 0 aliphatic carbocycles. The molecular formula is C18H25N3O2. The molecule has 0 spiro atoms. The zero-order valence-electron chi connectivity index (χ0n) is 14.2. The molecule has 3 heterocycles. The van der Waals surface area contributed by atoms with Crippen LogP contribution in [0.3, 0.4) is 0 Å². The maximum atomic E-state index is 12.8. The SMILES string of the molecule is CCc1ccc([C@@H]2C[C@@H](C)CCN2C(=O)Cc2cnn(C)c2)o1. The number of likely N-dealkylation sites (tertiary alicyclic amines) is 1. The first-order valence-corrected chi connectivity index (χ1v) is 8.42. The molecule has 0 unspecified atom stereocenters. The summed E-state index contributed by atoms with van der Waals surface area (Å²) in [5, 5.41) is 4.15. The van der Waals surface area contributed by atoms with Gasteiger partial charge >= 0.3 is 0 Å².